The number of hydrogen-bond donors (Lipinski definition) is 2. The lowest BCUT2D eigenvalue weighted by Crippen LogP contribution is -2.26. The van der Waals surface area contributed by atoms with E-state index in [-0.39, 0.29) is 36.7 Å². The number of carboxylic acid groups (broad SMARTS) is 1. The van der Waals surface area contributed by atoms with Gasteiger partial charge in [0, 0.05) is 50.2 Å². The number of aliphatic carboxylic acids is 1. The fraction of sp³-hybridized carbons (Fsp3) is 0.348. The fourth-order valence-corrected chi connectivity index (χ4v) is 3.95. The highest BCUT2D eigenvalue weighted by Crippen LogP contribution is 2.30. The lowest BCUT2D eigenvalue weighted by atomic mass is 10.0. The van der Waals surface area contributed by atoms with E-state index in [0.717, 1.165) is 12.0 Å². The molecule has 3 heterocycles. The minimum Gasteiger partial charge on any atom is -0.481 e. The molecule has 4 rings (SSSR count). The van der Waals surface area contributed by atoms with E-state index >= 15 is 0 Å². The number of anilines is 1. The number of ketones is 1. The van der Waals surface area contributed by atoms with E-state index in [1.165, 1.54) is 10.9 Å². The Bertz CT molecular complexity index is 1240. The lowest BCUT2D eigenvalue weighted by molar-refractivity contribution is -0.136. The second-order valence-corrected chi connectivity index (χ2v) is 8.06. The van der Waals surface area contributed by atoms with Crippen molar-refractivity contribution < 1.29 is 19.8 Å². The van der Waals surface area contributed by atoms with E-state index in [0.29, 0.717) is 41.1 Å². The van der Waals surface area contributed by atoms with Gasteiger partial charge in [-0.3, -0.25) is 14.4 Å². The first-order valence-electron chi connectivity index (χ1n) is 10.4. The summed E-state index contributed by atoms with van der Waals surface area (Å²) in [5.74, 6) is -0.564. The van der Waals surface area contributed by atoms with E-state index in [9.17, 15) is 19.5 Å². The SMILES string of the molecule is Cn1cnc2cc(-c3ccc(C(=O)CCC(=O)O)cc3)nc(N3CC[C@H](CO)C3)c2c1=O. The van der Waals surface area contributed by atoms with Gasteiger partial charge in [-0.2, -0.15) is 0 Å². The molecule has 1 aliphatic heterocycles. The van der Waals surface area contributed by atoms with E-state index in [1.807, 2.05) is 4.90 Å². The van der Waals surface area contributed by atoms with Gasteiger partial charge in [-0.05, 0) is 12.5 Å². The number of aromatic nitrogens is 3. The average Bonchev–Trinajstić information content (AvgIpc) is 3.28. The number of benzene rings is 1. The summed E-state index contributed by atoms with van der Waals surface area (Å²) >= 11 is 0. The zero-order valence-corrected chi connectivity index (χ0v) is 17.7. The van der Waals surface area contributed by atoms with Gasteiger partial charge in [0.1, 0.15) is 11.2 Å². The van der Waals surface area contributed by atoms with Crippen molar-refractivity contribution in [1.82, 2.24) is 14.5 Å². The van der Waals surface area contributed by atoms with Crippen molar-refractivity contribution in [2.45, 2.75) is 19.3 Å². The first-order chi connectivity index (χ1) is 15.4. The third-order valence-electron chi connectivity index (χ3n) is 5.80. The number of aryl methyl sites for hydroxylation is 1. The second-order valence-electron chi connectivity index (χ2n) is 8.06. The number of rotatable bonds is 7. The number of nitrogens with zero attached hydrogens (tertiary/aromatic N) is 4. The molecule has 0 unspecified atom stereocenters. The van der Waals surface area contributed by atoms with E-state index in [2.05, 4.69) is 4.98 Å². The van der Waals surface area contributed by atoms with Gasteiger partial charge >= 0.3 is 5.97 Å². The van der Waals surface area contributed by atoms with Crippen LogP contribution in [0.4, 0.5) is 5.82 Å². The molecule has 2 N–H and O–H groups in total. The molecule has 32 heavy (non-hydrogen) atoms. The first kappa shape index (κ1) is 21.6. The van der Waals surface area contributed by atoms with Crippen LogP contribution in [0.25, 0.3) is 22.2 Å². The van der Waals surface area contributed by atoms with Gasteiger partial charge in [0.2, 0.25) is 0 Å². The van der Waals surface area contributed by atoms with Crippen LogP contribution in [0, 0.1) is 5.92 Å². The van der Waals surface area contributed by atoms with Gasteiger partial charge in [-0.25, -0.2) is 9.97 Å². The van der Waals surface area contributed by atoms with Gasteiger partial charge in [0.25, 0.3) is 5.56 Å². The van der Waals surface area contributed by atoms with Gasteiger partial charge < -0.3 is 19.7 Å². The van der Waals surface area contributed by atoms with Crippen molar-refractivity contribution in [3.05, 3.63) is 52.6 Å². The number of pyridine rings is 1. The van der Waals surface area contributed by atoms with Crippen LogP contribution in [0.1, 0.15) is 29.6 Å². The molecule has 1 saturated heterocycles. The van der Waals surface area contributed by atoms with Crippen molar-refractivity contribution in [3.8, 4) is 11.3 Å². The summed E-state index contributed by atoms with van der Waals surface area (Å²) in [6.07, 6.45) is 2.03. The third kappa shape index (κ3) is 4.24. The highest BCUT2D eigenvalue weighted by Gasteiger charge is 2.26. The maximum Gasteiger partial charge on any atom is 0.303 e. The number of carbonyl (C=O) groups excluding carboxylic acids is 1. The van der Waals surface area contributed by atoms with Crippen molar-refractivity contribution in [3.63, 3.8) is 0 Å². The predicted molar refractivity (Wildman–Crippen MR) is 119 cm³/mol. The maximum absolute atomic E-state index is 12.9. The quantitative estimate of drug-likeness (QED) is 0.538. The summed E-state index contributed by atoms with van der Waals surface area (Å²) in [6.45, 7) is 1.38. The van der Waals surface area contributed by atoms with Gasteiger partial charge in [0.05, 0.1) is 24.0 Å². The fourth-order valence-electron chi connectivity index (χ4n) is 3.95. The van der Waals surface area contributed by atoms with Crippen LogP contribution in [0.5, 0.6) is 0 Å². The molecule has 1 atom stereocenters. The molecule has 3 aromatic rings. The van der Waals surface area contributed by atoms with Crippen LogP contribution in [0.2, 0.25) is 0 Å². The molecule has 0 amide bonds. The molecule has 1 aliphatic rings. The smallest absolute Gasteiger partial charge is 0.303 e. The molecule has 0 aliphatic carbocycles. The molecule has 166 valence electrons. The average molecular weight is 436 g/mol. The Morgan fingerprint density at radius 1 is 1.19 bits per heavy atom. The molecule has 0 saturated carbocycles. The van der Waals surface area contributed by atoms with Crippen molar-refractivity contribution in [2.24, 2.45) is 13.0 Å². The molecular formula is C23H24N4O5. The van der Waals surface area contributed by atoms with Crippen LogP contribution in [-0.4, -0.2) is 56.2 Å². The number of fused-ring (bicyclic) bond motifs is 1. The van der Waals surface area contributed by atoms with Crippen molar-refractivity contribution in [2.75, 3.05) is 24.6 Å². The summed E-state index contributed by atoms with van der Waals surface area (Å²) in [5, 5.41) is 18.7. The normalized spacial score (nSPS) is 15.9. The zero-order valence-electron chi connectivity index (χ0n) is 17.7. The highest BCUT2D eigenvalue weighted by atomic mass is 16.4. The molecule has 9 heteroatoms. The molecule has 1 aromatic carbocycles. The molecule has 0 spiro atoms. The molecule has 2 aromatic heterocycles. The summed E-state index contributed by atoms with van der Waals surface area (Å²) in [7, 11) is 1.65. The van der Waals surface area contributed by atoms with Gasteiger partial charge in [0.15, 0.2) is 5.78 Å². The molecular weight excluding hydrogens is 412 g/mol. The van der Waals surface area contributed by atoms with Gasteiger partial charge in [-0.15, -0.1) is 0 Å². The minimum absolute atomic E-state index is 0.0543. The van der Waals surface area contributed by atoms with Crippen LogP contribution >= 0.6 is 0 Å². The Labute approximate surface area is 184 Å². The van der Waals surface area contributed by atoms with Crippen LogP contribution < -0.4 is 10.5 Å². The van der Waals surface area contributed by atoms with Crippen LogP contribution in [-0.2, 0) is 11.8 Å². The number of carbonyl (C=O) groups is 2. The topological polar surface area (TPSA) is 126 Å². The predicted octanol–water partition coefficient (Wildman–Crippen LogP) is 1.86. The summed E-state index contributed by atoms with van der Waals surface area (Å²) in [5.41, 5.74) is 2.15. The molecule has 0 radical (unpaired) electrons. The largest absolute Gasteiger partial charge is 0.481 e. The Kier molecular flexibility index (Phi) is 6.00. The minimum atomic E-state index is -1.01. The Balaban J connectivity index is 1.74. The van der Waals surface area contributed by atoms with Crippen LogP contribution in [0.15, 0.2) is 41.5 Å². The Morgan fingerprint density at radius 3 is 2.59 bits per heavy atom. The summed E-state index contributed by atoms with van der Waals surface area (Å²) in [6, 6.07) is 8.57. The number of aliphatic hydroxyl groups excluding tert-OH is 1. The van der Waals surface area contributed by atoms with Crippen molar-refractivity contribution in [1.29, 1.82) is 0 Å². The standard InChI is InChI=1S/C23H24N4O5/c1-26-13-24-18-10-17(15-2-4-16(5-3-15)19(29)6-7-20(30)31)25-22(21(18)23(26)32)27-9-8-14(11-27)12-28/h2-5,10,13-14,28H,6-9,11-12H2,1H3,(H,30,31)/t14-/m0/s1. The number of Topliss-reactive ketones (excluding diaryl/α,β-unsaturated/α-hetero) is 1. The number of hydrogen-bond acceptors (Lipinski definition) is 7. The zero-order chi connectivity index (χ0) is 22.8. The summed E-state index contributed by atoms with van der Waals surface area (Å²) < 4.78 is 1.42. The lowest BCUT2D eigenvalue weighted by Gasteiger charge is -2.20. The molecule has 9 nitrogen and oxygen atoms in total. The Hall–Kier alpha value is -3.59. The third-order valence-corrected chi connectivity index (χ3v) is 5.80. The maximum atomic E-state index is 12.9. The number of carboxylic acids is 1. The monoisotopic (exact) mass is 436 g/mol. The molecule has 1 fully saturated rings. The van der Waals surface area contributed by atoms with E-state index in [4.69, 9.17) is 10.1 Å². The van der Waals surface area contributed by atoms with E-state index in [1.54, 1.807) is 37.4 Å². The van der Waals surface area contributed by atoms with E-state index < -0.39 is 5.97 Å². The second kappa shape index (κ2) is 8.88. The highest BCUT2D eigenvalue weighted by molar-refractivity contribution is 5.98. The van der Waals surface area contributed by atoms with Crippen LogP contribution in [0.3, 0.4) is 0 Å². The Morgan fingerprint density at radius 2 is 1.94 bits per heavy atom. The number of aliphatic hydroxyl groups is 1. The molecule has 0 bridgehead atoms. The summed E-state index contributed by atoms with van der Waals surface area (Å²) in [4.78, 5) is 47.0. The van der Waals surface area contributed by atoms with Crippen molar-refractivity contribution >= 4 is 28.5 Å². The van der Waals surface area contributed by atoms with Gasteiger partial charge in [-0.1, -0.05) is 24.3 Å². The first-order valence-corrected chi connectivity index (χ1v) is 10.4.